The van der Waals surface area contributed by atoms with Crippen LogP contribution in [0.2, 0.25) is 0 Å². The number of H-pyrrole nitrogens is 1. The summed E-state index contributed by atoms with van der Waals surface area (Å²) >= 11 is 0. The van der Waals surface area contributed by atoms with Gasteiger partial charge in [0.05, 0.1) is 23.7 Å². The normalized spacial score (nSPS) is 11.1. The molecule has 2 rings (SSSR count). The molecule has 0 aliphatic rings. The van der Waals surface area contributed by atoms with Gasteiger partial charge in [0.2, 0.25) is 11.9 Å². The first-order chi connectivity index (χ1) is 11.0. The van der Waals surface area contributed by atoms with Crippen molar-refractivity contribution in [3.05, 3.63) is 51.4 Å². The molecule has 0 spiro atoms. The van der Waals surface area contributed by atoms with Gasteiger partial charge in [-0.2, -0.15) is 10.3 Å². The molecule has 2 aromatic rings. The van der Waals surface area contributed by atoms with Crippen molar-refractivity contribution in [2.75, 3.05) is 5.32 Å². The van der Waals surface area contributed by atoms with E-state index in [1.54, 1.807) is 6.92 Å². The predicted molar refractivity (Wildman–Crippen MR) is 89.6 cm³/mol. The molecule has 0 aliphatic carbocycles. The lowest BCUT2D eigenvalue weighted by Crippen LogP contribution is -2.23. The molecule has 0 fully saturated rings. The van der Waals surface area contributed by atoms with Gasteiger partial charge in [0.15, 0.2) is 0 Å². The summed E-state index contributed by atoms with van der Waals surface area (Å²) in [6.07, 6.45) is 0.971. The van der Waals surface area contributed by atoms with Crippen LogP contribution in [0.4, 0.5) is 11.6 Å². The summed E-state index contributed by atoms with van der Waals surface area (Å²) in [4.78, 5) is 22.6. The monoisotopic (exact) mass is 310 g/mol. The number of nitrogens with zero attached hydrogens (tertiary/aromatic N) is 3. The first kappa shape index (κ1) is 16.2. The van der Waals surface area contributed by atoms with E-state index >= 15 is 0 Å². The minimum absolute atomic E-state index is 0.00959. The van der Waals surface area contributed by atoms with Crippen LogP contribution in [0.3, 0.4) is 0 Å². The predicted octanol–water partition coefficient (Wildman–Crippen LogP) is 1.77. The molecular weight excluding hydrogens is 292 g/mol. The van der Waals surface area contributed by atoms with Crippen molar-refractivity contribution < 1.29 is 0 Å². The summed E-state index contributed by atoms with van der Waals surface area (Å²) in [6, 6.07) is 9.73. The van der Waals surface area contributed by atoms with E-state index in [0.29, 0.717) is 11.3 Å². The molecule has 0 saturated heterocycles. The van der Waals surface area contributed by atoms with Gasteiger partial charge in [-0.05, 0) is 31.0 Å². The van der Waals surface area contributed by atoms with Crippen LogP contribution in [0.1, 0.15) is 23.7 Å². The van der Waals surface area contributed by atoms with Crippen molar-refractivity contribution in [1.29, 1.82) is 5.26 Å². The molecule has 0 atom stereocenters. The minimum Gasteiger partial charge on any atom is -0.369 e. The van der Waals surface area contributed by atoms with E-state index < -0.39 is 0 Å². The number of anilines is 1. The average molecular weight is 310 g/mol. The van der Waals surface area contributed by atoms with Crippen LogP contribution in [0, 0.1) is 18.3 Å². The molecule has 0 radical (unpaired) electrons. The lowest BCUT2D eigenvalue weighted by Gasteiger charge is -2.06. The summed E-state index contributed by atoms with van der Waals surface area (Å²) in [6.45, 7) is 3.74. The third-order valence-corrected chi connectivity index (χ3v) is 3.33. The van der Waals surface area contributed by atoms with E-state index in [1.807, 2.05) is 30.3 Å². The van der Waals surface area contributed by atoms with Gasteiger partial charge >= 0.3 is 0 Å². The van der Waals surface area contributed by atoms with Crippen molar-refractivity contribution in [3.8, 4) is 6.07 Å². The van der Waals surface area contributed by atoms with Gasteiger partial charge in [-0.1, -0.05) is 19.1 Å². The number of hydrogen-bond acceptors (Lipinski definition) is 4. The topological polar surface area (TPSA) is 120 Å². The van der Waals surface area contributed by atoms with Crippen LogP contribution in [-0.2, 0) is 12.8 Å². The van der Waals surface area contributed by atoms with Crippen LogP contribution in [0.15, 0.2) is 34.1 Å². The maximum absolute atomic E-state index is 11.9. The quantitative estimate of drug-likeness (QED) is 0.587. The Kier molecular flexibility index (Phi) is 5.10. The van der Waals surface area contributed by atoms with Gasteiger partial charge in [-0.3, -0.25) is 9.78 Å². The fourth-order valence-corrected chi connectivity index (χ4v) is 2.05. The Bertz CT molecular complexity index is 814. The van der Waals surface area contributed by atoms with Gasteiger partial charge in [0.25, 0.3) is 5.56 Å². The zero-order chi connectivity index (χ0) is 16.8. The Morgan fingerprint density at radius 2 is 2.13 bits per heavy atom. The molecule has 0 saturated carbocycles. The minimum atomic E-state index is -0.377. The van der Waals surface area contributed by atoms with Crippen LogP contribution >= 0.6 is 0 Å². The highest BCUT2D eigenvalue weighted by atomic mass is 16.1. The first-order valence-corrected chi connectivity index (χ1v) is 7.20. The third-order valence-electron chi connectivity index (χ3n) is 3.33. The molecule has 0 aliphatic heterocycles. The highest BCUT2D eigenvalue weighted by Crippen LogP contribution is 2.11. The standard InChI is InChI=1S/C16H18N6O/c1-3-11-4-6-12(7-5-11)20-15(18)22-16-19-10(2)13(8-9-17)14(23)21-16/h4-7H,3,8H2,1-2H3,(H4,18,19,20,21,22,23). The van der Waals surface area contributed by atoms with Crippen LogP contribution in [0.25, 0.3) is 0 Å². The fraction of sp³-hybridized carbons (Fsp3) is 0.250. The molecule has 1 heterocycles. The molecule has 7 heteroatoms. The number of benzene rings is 1. The Balaban J connectivity index is 2.20. The highest BCUT2D eigenvalue weighted by Gasteiger charge is 2.07. The van der Waals surface area contributed by atoms with E-state index in [2.05, 4.69) is 27.2 Å². The zero-order valence-electron chi connectivity index (χ0n) is 13.1. The summed E-state index contributed by atoms with van der Waals surface area (Å²) in [5.41, 5.74) is 8.28. The highest BCUT2D eigenvalue weighted by molar-refractivity contribution is 5.93. The van der Waals surface area contributed by atoms with Gasteiger partial charge < -0.3 is 11.1 Å². The zero-order valence-corrected chi connectivity index (χ0v) is 13.1. The molecule has 1 aromatic carbocycles. The molecule has 0 amide bonds. The van der Waals surface area contributed by atoms with E-state index in [1.165, 1.54) is 5.56 Å². The number of nitrogens with two attached hydrogens (primary N) is 1. The van der Waals surface area contributed by atoms with Crippen molar-refractivity contribution in [1.82, 2.24) is 9.97 Å². The van der Waals surface area contributed by atoms with Crippen molar-refractivity contribution in [2.45, 2.75) is 26.7 Å². The molecule has 0 unspecified atom stereocenters. The van der Waals surface area contributed by atoms with Crippen molar-refractivity contribution in [3.63, 3.8) is 0 Å². The summed E-state index contributed by atoms with van der Waals surface area (Å²) in [5, 5.41) is 11.6. The maximum atomic E-state index is 11.9. The number of aliphatic imine (C=N–C) groups is 1. The second-order valence-electron chi connectivity index (χ2n) is 4.96. The molecule has 0 bridgehead atoms. The Labute approximate surface area is 133 Å². The number of nitriles is 1. The molecule has 7 nitrogen and oxygen atoms in total. The van der Waals surface area contributed by atoms with Crippen LogP contribution < -0.4 is 16.6 Å². The summed E-state index contributed by atoms with van der Waals surface area (Å²) < 4.78 is 0. The molecular formula is C16H18N6O. The molecule has 118 valence electrons. The molecule has 1 aromatic heterocycles. The Hall–Kier alpha value is -3.14. The van der Waals surface area contributed by atoms with Crippen LogP contribution in [-0.4, -0.2) is 15.9 Å². The second-order valence-corrected chi connectivity index (χ2v) is 4.96. The number of aromatic amines is 1. The summed E-state index contributed by atoms with van der Waals surface area (Å²) in [7, 11) is 0. The van der Waals surface area contributed by atoms with Crippen molar-refractivity contribution in [2.24, 2.45) is 10.7 Å². The molecule has 23 heavy (non-hydrogen) atoms. The largest absolute Gasteiger partial charge is 0.369 e. The smallest absolute Gasteiger partial charge is 0.256 e. The lowest BCUT2D eigenvalue weighted by molar-refractivity contribution is 0.987. The Morgan fingerprint density at radius 1 is 1.43 bits per heavy atom. The molecule has 4 N–H and O–H groups in total. The van der Waals surface area contributed by atoms with Gasteiger partial charge in [0.1, 0.15) is 0 Å². The van der Waals surface area contributed by atoms with E-state index in [-0.39, 0.29) is 23.9 Å². The van der Waals surface area contributed by atoms with E-state index in [4.69, 9.17) is 11.0 Å². The third kappa shape index (κ3) is 4.17. The number of rotatable bonds is 4. The maximum Gasteiger partial charge on any atom is 0.256 e. The number of nitrogens with one attached hydrogen (secondary N) is 2. The number of aryl methyl sites for hydroxylation is 2. The summed E-state index contributed by atoms with van der Waals surface area (Å²) in [5.74, 6) is 0.217. The lowest BCUT2D eigenvalue weighted by atomic mass is 10.1. The van der Waals surface area contributed by atoms with Gasteiger partial charge in [-0.15, -0.1) is 0 Å². The van der Waals surface area contributed by atoms with E-state index in [9.17, 15) is 4.79 Å². The van der Waals surface area contributed by atoms with Gasteiger partial charge in [0, 0.05) is 5.69 Å². The second kappa shape index (κ2) is 7.22. The SMILES string of the molecule is CCc1ccc(NC(N)=Nc2nc(C)c(CC#N)c(=O)[nH]2)cc1. The van der Waals surface area contributed by atoms with Gasteiger partial charge in [-0.25, -0.2) is 4.98 Å². The number of hydrogen-bond donors (Lipinski definition) is 3. The average Bonchev–Trinajstić information content (AvgIpc) is 2.51. The number of aromatic nitrogens is 2. The Morgan fingerprint density at radius 3 is 2.70 bits per heavy atom. The number of guanidine groups is 1. The van der Waals surface area contributed by atoms with Crippen LogP contribution in [0.5, 0.6) is 0 Å². The van der Waals surface area contributed by atoms with E-state index in [0.717, 1.165) is 12.1 Å². The van der Waals surface area contributed by atoms with Crippen molar-refractivity contribution >= 4 is 17.6 Å². The fourth-order valence-electron chi connectivity index (χ4n) is 2.05. The first-order valence-electron chi connectivity index (χ1n) is 7.20.